The predicted molar refractivity (Wildman–Crippen MR) is 90.2 cm³/mol. The summed E-state index contributed by atoms with van der Waals surface area (Å²) in [6.45, 7) is 3.32. The Morgan fingerprint density at radius 2 is 1.88 bits per heavy atom. The van der Waals surface area contributed by atoms with E-state index in [1.165, 1.54) is 12.1 Å². The van der Waals surface area contributed by atoms with Gasteiger partial charge in [-0.2, -0.15) is 0 Å². The minimum atomic E-state index is -0.619. The van der Waals surface area contributed by atoms with E-state index in [9.17, 15) is 24.8 Å². The molecule has 1 heterocycles. The Labute approximate surface area is 142 Å². The van der Waals surface area contributed by atoms with Gasteiger partial charge in [0.2, 0.25) is 0 Å². The quantitative estimate of drug-likeness (QED) is 0.375. The van der Waals surface area contributed by atoms with Gasteiger partial charge in [0.25, 0.3) is 17.5 Å². The van der Waals surface area contributed by atoms with Crippen molar-refractivity contribution in [1.29, 1.82) is 0 Å². The summed E-state index contributed by atoms with van der Waals surface area (Å²) in [7, 11) is 0. The van der Waals surface area contributed by atoms with Crippen molar-refractivity contribution in [3.8, 4) is 0 Å². The lowest BCUT2D eigenvalue weighted by Gasteiger charge is -2.16. The molecule has 0 unspecified atom stereocenters. The summed E-state index contributed by atoms with van der Waals surface area (Å²) >= 11 is 0. The molecular formula is C17H13N3O5. The molecule has 25 heavy (non-hydrogen) atoms. The molecule has 0 saturated heterocycles. The number of anilines is 1. The molecule has 0 saturated carbocycles. The van der Waals surface area contributed by atoms with Crippen molar-refractivity contribution in [2.24, 2.45) is 0 Å². The number of imide groups is 1. The number of non-ortho nitro benzene ring substituents is 1. The van der Waals surface area contributed by atoms with Crippen molar-refractivity contribution in [2.75, 3.05) is 12.0 Å². The third kappa shape index (κ3) is 2.92. The van der Waals surface area contributed by atoms with Crippen LogP contribution in [0, 0.1) is 10.1 Å². The number of rotatable bonds is 5. The van der Waals surface area contributed by atoms with Crippen molar-refractivity contribution in [3.63, 3.8) is 0 Å². The summed E-state index contributed by atoms with van der Waals surface area (Å²) in [5.74, 6) is -1.22. The third-order valence-electron chi connectivity index (χ3n) is 3.80. The number of nitrogens with one attached hydrogen (secondary N) is 1. The Morgan fingerprint density at radius 1 is 1.16 bits per heavy atom. The van der Waals surface area contributed by atoms with Crippen molar-refractivity contribution in [1.82, 2.24) is 4.90 Å². The highest BCUT2D eigenvalue weighted by Gasteiger charge is 2.36. The second kappa shape index (κ2) is 6.08. The smallest absolute Gasteiger partial charge is 0.270 e. The molecule has 8 heteroatoms. The molecule has 0 fully saturated rings. The van der Waals surface area contributed by atoms with Gasteiger partial charge >= 0.3 is 0 Å². The van der Waals surface area contributed by atoms with E-state index in [2.05, 4.69) is 11.9 Å². The molecule has 2 N–H and O–H groups in total. The van der Waals surface area contributed by atoms with Gasteiger partial charge in [-0.05, 0) is 18.2 Å². The van der Waals surface area contributed by atoms with Crippen molar-refractivity contribution >= 4 is 28.9 Å². The number of carbonyl (C=O) groups is 2. The van der Waals surface area contributed by atoms with Crippen LogP contribution in [0.1, 0.15) is 26.3 Å². The van der Waals surface area contributed by atoms with Crippen LogP contribution < -0.4 is 5.32 Å². The van der Waals surface area contributed by atoms with Crippen molar-refractivity contribution in [2.45, 2.75) is 0 Å². The molecule has 2 amide bonds. The lowest BCUT2D eigenvalue weighted by molar-refractivity contribution is -0.384. The molecule has 0 atom stereocenters. The van der Waals surface area contributed by atoms with E-state index in [0.717, 1.165) is 11.0 Å². The Bertz CT molecular complexity index is 922. The molecule has 2 aromatic carbocycles. The van der Waals surface area contributed by atoms with Gasteiger partial charge in [0.05, 0.1) is 22.7 Å². The number of fused-ring (bicyclic) bond motifs is 1. The fourth-order valence-corrected chi connectivity index (χ4v) is 2.51. The van der Waals surface area contributed by atoms with Gasteiger partial charge in [-0.25, -0.2) is 0 Å². The number of benzene rings is 2. The standard InChI is InChI=1S/C17H13N3O5/c1-10(21)11-3-2-4-12(7-11)18-9-19-16(22)14-6-5-13(20(24)25)8-15(14)17(19)23/h2-8,18,21H,1,9H2. The number of amides is 2. The van der Waals surface area contributed by atoms with E-state index in [1.807, 2.05) is 0 Å². The monoisotopic (exact) mass is 339 g/mol. The molecule has 8 nitrogen and oxygen atoms in total. The van der Waals surface area contributed by atoms with E-state index in [0.29, 0.717) is 11.3 Å². The molecular weight excluding hydrogens is 326 g/mol. The van der Waals surface area contributed by atoms with E-state index in [-0.39, 0.29) is 29.2 Å². The van der Waals surface area contributed by atoms with Gasteiger partial charge in [-0.1, -0.05) is 18.7 Å². The van der Waals surface area contributed by atoms with Crippen LogP contribution in [0.3, 0.4) is 0 Å². The largest absolute Gasteiger partial charge is 0.508 e. The average Bonchev–Trinajstić information content (AvgIpc) is 2.83. The zero-order chi connectivity index (χ0) is 18.1. The van der Waals surface area contributed by atoms with Gasteiger partial charge in [-0.15, -0.1) is 0 Å². The normalized spacial score (nSPS) is 12.9. The number of nitro benzene ring substituents is 1. The van der Waals surface area contributed by atoms with Gasteiger partial charge in [0, 0.05) is 23.4 Å². The number of carbonyl (C=O) groups excluding carboxylic acids is 2. The minimum absolute atomic E-state index is 0.0125. The Balaban J connectivity index is 1.79. The van der Waals surface area contributed by atoms with Crippen LogP contribution in [-0.2, 0) is 0 Å². The van der Waals surface area contributed by atoms with Crippen LogP contribution >= 0.6 is 0 Å². The van der Waals surface area contributed by atoms with E-state index >= 15 is 0 Å². The average molecular weight is 339 g/mol. The summed E-state index contributed by atoms with van der Waals surface area (Å²) in [5, 5.41) is 23.1. The van der Waals surface area contributed by atoms with Crippen LogP contribution in [0.5, 0.6) is 0 Å². The molecule has 0 spiro atoms. The van der Waals surface area contributed by atoms with Crippen LogP contribution in [0.2, 0.25) is 0 Å². The van der Waals surface area contributed by atoms with E-state index in [4.69, 9.17) is 0 Å². The summed E-state index contributed by atoms with van der Waals surface area (Å²) in [6, 6.07) is 10.2. The molecule has 1 aliphatic rings. The zero-order valence-corrected chi connectivity index (χ0v) is 12.9. The second-order valence-corrected chi connectivity index (χ2v) is 5.39. The first-order chi connectivity index (χ1) is 11.9. The first-order valence-electron chi connectivity index (χ1n) is 7.25. The van der Waals surface area contributed by atoms with Gasteiger partial charge < -0.3 is 10.4 Å². The number of hydrogen-bond acceptors (Lipinski definition) is 6. The molecule has 0 radical (unpaired) electrons. The predicted octanol–water partition coefficient (Wildman–Crippen LogP) is 2.79. The number of aliphatic hydroxyl groups is 1. The number of nitrogens with zero attached hydrogens (tertiary/aromatic N) is 2. The summed E-state index contributed by atoms with van der Waals surface area (Å²) in [5.41, 5.74) is 0.982. The maximum atomic E-state index is 12.4. The maximum Gasteiger partial charge on any atom is 0.270 e. The molecule has 0 aliphatic carbocycles. The second-order valence-electron chi connectivity index (χ2n) is 5.39. The molecule has 2 aromatic rings. The third-order valence-corrected chi connectivity index (χ3v) is 3.80. The topological polar surface area (TPSA) is 113 Å². The fraction of sp³-hybridized carbons (Fsp3) is 0.0588. The van der Waals surface area contributed by atoms with Crippen LogP contribution in [0.25, 0.3) is 5.76 Å². The zero-order valence-electron chi connectivity index (χ0n) is 12.9. The molecule has 126 valence electrons. The first kappa shape index (κ1) is 16.2. The molecule has 1 aliphatic heterocycles. The molecule has 0 bridgehead atoms. The van der Waals surface area contributed by atoms with Crippen LogP contribution in [0.15, 0.2) is 49.0 Å². The maximum absolute atomic E-state index is 12.4. The van der Waals surface area contributed by atoms with Crippen molar-refractivity contribution in [3.05, 3.63) is 75.8 Å². The Hall–Kier alpha value is -3.68. The van der Waals surface area contributed by atoms with E-state index < -0.39 is 16.7 Å². The summed E-state index contributed by atoms with van der Waals surface area (Å²) in [4.78, 5) is 35.9. The van der Waals surface area contributed by atoms with Gasteiger partial charge in [0.1, 0.15) is 5.76 Å². The number of nitro groups is 1. The molecule has 0 aromatic heterocycles. The Morgan fingerprint density at radius 3 is 2.56 bits per heavy atom. The number of aliphatic hydroxyl groups excluding tert-OH is 1. The molecule has 3 rings (SSSR count). The fourth-order valence-electron chi connectivity index (χ4n) is 2.51. The van der Waals surface area contributed by atoms with Gasteiger partial charge in [-0.3, -0.25) is 24.6 Å². The highest BCUT2D eigenvalue weighted by atomic mass is 16.6. The van der Waals surface area contributed by atoms with E-state index in [1.54, 1.807) is 24.3 Å². The minimum Gasteiger partial charge on any atom is -0.508 e. The lowest BCUT2D eigenvalue weighted by atomic mass is 10.1. The highest BCUT2D eigenvalue weighted by Crippen LogP contribution is 2.27. The van der Waals surface area contributed by atoms with Crippen LogP contribution in [-0.4, -0.2) is 33.4 Å². The first-order valence-corrected chi connectivity index (χ1v) is 7.25. The van der Waals surface area contributed by atoms with Crippen molar-refractivity contribution < 1.29 is 19.6 Å². The van der Waals surface area contributed by atoms with Crippen LogP contribution in [0.4, 0.5) is 11.4 Å². The Kier molecular flexibility index (Phi) is 3.94. The summed E-state index contributed by atoms with van der Waals surface area (Å²) in [6.07, 6.45) is 0. The summed E-state index contributed by atoms with van der Waals surface area (Å²) < 4.78 is 0. The SMILES string of the molecule is C=C(O)c1cccc(NCN2C(=O)c3ccc([N+](=O)[O-])cc3C2=O)c1. The highest BCUT2D eigenvalue weighted by molar-refractivity contribution is 6.21. The lowest BCUT2D eigenvalue weighted by Crippen LogP contribution is -2.34. The van der Waals surface area contributed by atoms with Gasteiger partial charge in [0.15, 0.2) is 0 Å². The number of hydrogen-bond donors (Lipinski definition) is 2.